The highest BCUT2D eigenvalue weighted by atomic mass is 16.6. The van der Waals surface area contributed by atoms with E-state index in [0.29, 0.717) is 6.42 Å². The zero-order chi connectivity index (χ0) is 13.5. The molecule has 1 rings (SSSR count). The Bertz CT molecular complexity index is 411. The number of ether oxygens (including phenoxy) is 1. The van der Waals surface area contributed by atoms with Gasteiger partial charge in [-0.3, -0.25) is 14.5 Å². The molecule has 0 bridgehead atoms. The summed E-state index contributed by atoms with van der Waals surface area (Å²) in [6, 6.07) is 0. The molecule has 2 amide bonds. The zero-order valence-electron chi connectivity index (χ0n) is 10.3. The second-order valence-electron chi connectivity index (χ2n) is 3.85. The van der Waals surface area contributed by atoms with E-state index in [9.17, 15) is 14.7 Å². The number of hydrogen-bond donors (Lipinski definition) is 1. The van der Waals surface area contributed by atoms with Crippen LogP contribution in [0.5, 0.6) is 0 Å². The van der Waals surface area contributed by atoms with Gasteiger partial charge in [-0.1, -0.05) is 6.42 Å². The Morgan fingerprint density at radius 3 is 2.83 bits per heavy atom. The lowest BCUT2D eigenvalue weighted by Gasteiger charge is -2.14. The van der Waals surface area contributed by atoms with Crippen molar-refractivity contribution in [1.29, 1.82) is 5.39 Å². The predicted molar refractivity (Wildman–Crippen MR) is 61.6 cm³/mol. The smallest absolute Gasteiger partial charge is 0.475 e. The summed E-state index contributed by atoms with van der Waals surface area (Å²) in [5.41, 5.74) is -0.646. The number of likely N-dealkylation sites (tertiary alicyclic amines) is 1. The van der Waals surface area contributed by atoms with Crippen LogP contribution in [0.15, 0.2) is 11.6 Å². The molecule has 98 valence electrons. The van der Waals surface area contributed by atoms with Gasteiger partial charge in [0.05, 0.1) is 6.61 Å². The predicted octanol–water partition coefficient (Wildman–Crippen LogP) is 1.53. The van der Waals surface area contributed by atoms with Crippen LogP contribution in [-0.4, -0.2) is 35.0 Å². The van der Waals surface area contributed by atoms with Crippen LogP contribution in [-0.2, 0) is 14.3 Å². The summed E-state index contributed by atoms with van der Waals surface area (Å²) >= 11 is 0. The van der Waals surface area contributed by atoms with Gasteiger partial charge in [-0.2, -0.15) is 0 Å². The first-order valence-electron chi connectivity index (χ1n) is 5.87. The molecule has 1 saturated heterocycles. The quantitative estimate of drug-likeness (QED) is 0.468. The van der Waals surface area contributed by atoms with E-state index in [1.165, 1.54) is 0 Å². The fraction of sp³-hybridized carbons (Fsp3) is 0.636. The monoisotopic (exact) mass is 254 g/mol. The highest BCUT2D eigenvalue weighted by molar-refractivity contribution is 6.05. The Balaban J connectivity index is 2.93. The third-order valence-electron chi connectivity index (χ3n) is 2.60. The number of aliphatic hydroxyl groups excluding tert-OH is 1. The van der Waals surface area contributed by atoms with Gasteiger partial charge in [0.2, 0.25) is 11.3 Å². The third-order valence-corrected chi connectivity index (χ3v) is 2.60. The number of diazo groups is 1. The van der Waals surface area contributed by atoms with Crippen LogP contribution in [0.1, 0.15) is 32.6 Å². The minimum Gasteiger partial charge on any atom is -0.475 e. The molecule has 0 aliphatic carbocycles. The first-order chi connectivity index (χ1) is 8.61. The largest absolute Gasteiger partial charge is 0.528 e. The topological polar surface area (TPSA) is 95.0 Å². The van der Waals surface area contributed by atoms with Gasteiger partial charge in [0.25, 0.3) is 0 Å². The van der Waals surface area contributed by atoms with Crippen LogP contribution in [0.3, 0.4) is 0 Å². The van der Waals surface area contributed by atoms with Crippen molar-refractivity contribution >= 4 is 11.8 Å². The first-order valence-corrected chi connectivity index (χ1v) is 5.87. The van der Waals surface area contributed by atoms with E-state index >= 15 is 0 Å². The summed E-state index contributed by atoms with van der Waals surface area (Å²) in [7, 11) is 0. The number of carbonyl (C=O) groups excluding carboxylic acids is 2. The molecular formula is C11H16N3O4+. The molecule has 0 aromatic heterocycles. The molecule has 18 heavy (non-hydrogen) atoms. The summed E-state index contributed by atoms with van der Waals surface area (Å²) < 4.78 is 4.70. The van der Waals surface area contributed by atoms with Crippen molar-refractivity contribution in [2.45, 2.75) is 32.6 Å². The van der Waals surface area contributed by atoms with E-state index in [4.69, 9.17) is 10.1 Å². The molecule has 1 fully saturated rings. The Labute approximate surface area is 105 Å². The highest BCUT2D eigenvalue weighted by Crippen LogP contribution is 2.16. The van der Waals surface area contributed by atoms with Gasteiger partial charge < -0.3 is 9.84 Å². The zero-order valence-corrected chi connectivity index (χ0v) is 10.3. The molecule has 0 radical (unpaired) electrons. The van der Waals surface area contributed by atoms with Crippen LogP contribution in [0, 0.1) is 5.39 Å². The minimum atomic E-state index is -0.838. The van der Waals surface area contributed by atoms with E-state index < -0.39 is 17.5 Å². The van der Waals surface area contributed by atoms with Crippen molar-refractivity contribution in [2.24, 2.45) is 0 Å². The molecule has 0 aromatic carbocycles. The van der Waals surface area contributed by atoms with Gasteiger partial charge in [-0.25, -0.2) is 0 Å². The molecule has 0 atom stereocenters. The fourth-order valence-corrected chi connectivity index (χ4v) is 1.71. The molecule has 0 aromatic rings. The molecule has 7 nitrogen and oxygen atoms in total. The van der Waals surface area contributed by atoms with E-state index in [-0.39, 0.29) is 25.5 Å². The van der Waals surface area contributed by atoms with E-state index in [2.05, 4.69) is 4.98 Å². The maximum Gasteiger partial charge on any atom is 0.528 e. The van der Waals surface area contributed by atoms with Crippen LogP contribution in [0.25, 0.3) is 4.98 Å². The molecule has 7 heteroatoms. The number of nitrogens with zero attached hydrogens (tertiary/aromatic N) is 3. The molecule has 0 unspecified atom stereocenters. The number of imide groups is 1. The summed E-state index contributed by atoms with van der Waals surface area (Å²) in [5.74, 6) is -1.94. The SMILES string of the molecule is CCO/C(O)=C(/[N+]#N)C(=O)N1CCCCCC1=O. The number of rotatable bonds is 3. The van der Waals surface area contributed by atoms with Gasteiger partial charge in [0.1, 0.15) is 0 Å². The second-order valence-corrected chi connectivity index (χ2v) is 3.85. The van der Waals surface area contributed by atoms with Gasteiger partial charge in [-0.15, -0.1) is 0 Å². The Kier molecular flexibility index (Phi) is 5.11. The number of hydrogen-bond acceptors (Lipinski definition) is 5. The summed E-state index contributed by atoms with van der Waals surface area (Å²) in [4.78, 5) is 27.3. The average molecular weight is 254 g/mol. The van der Waals surface area contributed by atoms with E-state index in [1.807, 2.05) is 0 Å². The standard InChI is InChI=1S/C11H15N3O4/c1-2-18-11(17)9(13-12)10(16)14-7-5-3-4-6-8(14)15/h2-7H2,1H3/p+1. The molecule has 1 heterocycles. The molecule has 0 saturated carbocycles. The second kappa shape index (κ2) is 6.59. The lowest BCUT2D eigenvalue weighted by molar-refractivity contribution is -0.142. The number of aliphatic hydroxyl groups is 1. The molecular weight excluding hydrogens is 238 g/mol. The van der Waals surface area contributed by atoms with Gasteiger partial charge in [0.15, 0.2) is 4.98 Å². The Morgan fingerprint density at radius 2 is 2.22 bits per heavy atom. The highest BCUT2D eigenvalue weighted by Gasteiger charge is 2.38. The van der Waals surface area contributed by atoms with E-state index in [0.717, 1.165) is 17.7 Å². The molecule has 1 N–H and O–H groups in total. The van der Waals surface area contributed by atoms with Crippen LogP contribution in [0.2, 0.25) is 0 Å². The van der Waals surface area contributed by atoms with Crippen molar-refractivity contribution in [2.75, 3.05) is 13.2 Å². The average Bonchev–Trinajstić information content (AvgIpc) is 2.55. The van der Waals surface area contributed by atoms with Crippen molar-refractivity contribution in [3.63, 3.8) is 0 Å². The van der Waals surface area contributed by atoms with Crippen LogP contribution in [0.4, 0.5) is 0 Å². The molecule has 1 aliphatic rings. The van der Waals surface area contributed by atoms with Crippen molar-refractivity contribution < 1.29 is 19.4 Å². The fourth-order valence-electron chi connectivity index (χ4n) is 1.71. The normalized spacial score (nSPS) is 17.6. The molecule has 1 aliphatic heterocycles. The van der Waals surface area contributed by atoms with Crippen molar-refractivity contribution in [3.05, 3.63) is 16.6 Å². The summed E-state index contributed by atoms with van der Waals surface area (Å²) in [5, 5.41) is 18.2. The maximum atomic E-state index is 12.0. The third kappa shape index (κ3) is 3.20. The van der Waals surface area contributed by atoms with Crippen molar-refractivity contribution in [1.82, 2.24) is 4.90 Å². The summed E-state index contributed by atoms with van der Waals surface area (Å²) in [6.45, 7) is 1.98. The molecule has 0 spiro atoms. The van der Waals surface area contributed by atoms with Gasteiger partial charge in [0, 0.05) is 13.0 Å². The van der Waals surface area contributed by atoms with E-state index in [1.54, 1.807) is 6.92 Å². The minimum absolute atomic E-state index is 0.117. The Morgan fingerprint density at radius 1 is 1.50 bits per heavy atom. The van der Waals surface area contributed by atoms with Crippen LogP contribution >= 0.6 is 0 Å². The first kappa shape index (κ1) is 14.0. The lowest BCUT2D eigenvalue weighted by Crippen LogP contribution is -2.37. The summed E-state index contributed by atoms with van der Waals surface area (Å²) in [6.07, 6.45) is 2.57. The van der Waals surface area contributed by atoms with Crippen LogP contribution < -0.4 is 0 Å². The van der Waals surface area contributed by atoms with Gasteiger partial charge in [-0.05, 0) is 19.8 Å². The van der Waals surface area contributed by atoms with Crippen molar-refractivity contribution in [3.8, 4) is 0 Å². The maximum absolute atomic E-state index is 12.0. The number of carbonyl (C=O) groups is 2. The lowest BCUT2D eigenvalue weighted by atomic mass is 10.2. The number of amides is 2. The van der Waals surface area contributed by atoms with Gasteiger partial charge >= 0.3 is 17.5 Å². The Hall–Kier alpha value is -2.10.